The van der Waals surface area contributed by atoms with Crippen LogP contribution in [0, 0.1) is 0 Å². The molecule has 1 fully saturated rings. The Morgan fingerprint density at radius 2 is 1.73 bits per heavy atom. The predicted molar refractivity (Wildman–Crippen MR) is 105 cm³/mol. The zero-order valence-electron chi connectivity index (χ0n) is 15.4. The molecule has 2 aliphatic rings. The number of nitrogens with one attached hydrogen (secondary N) is 2. The van der Waals surface area contributed by atoms with Gasteiger partial charge in [-0.15, -0.1) is 0 Å². The third kappa shape index (κ3) is 5.61. The third-order valence-corrected chi connectivity index (χ3v) is 5.10. The first-order valence-corrected chi connectivity index (χ1v) is 9.80. The van der Waals surface area contributed by atoms with E-state index in [4.69, 9.17) is 0 Å². The summed E-state index contributed by atoms with van der Waals surface area (Å²) >= 11 is 0. The fourth-order valence-electron chi connectivity index (χ4n) is 3.64. The molecule has 5 heteroatoms. The predicted octanol–water partition coefficient (Wildman–Crippen LogP) is 3.62. The minimum absolute atomic E-state index is 0.132. The van der Waals surface area contributed by atoms with E-state index in [1.807, 2.05) is 24.3 Å². The molecule has 1 saturated heterocycles. The molecule has 5 nitrogen and oxygen atoms in total. The number of nitrogens with zero attached hydrogens (tertiary/aromatic N) is 1. The Morgan fingerprint density at radius 3 is 2.42 bits per heavy atom. The van der Waals surface area contributed by atoms with Gasteiger partial charge in [0.2, 0.25) is 11.8 Å². The number of carbonyl (C=O) groups excluding carboxylic acids is 2. The van der Waals surface area contributed by atoms with Crippen LogP contribution in [-0.2, 0) is 9.59 Å². The van der Waals surface area contributed by atoms with Gasteiger partial charge in [-0.2, -0.15) is 0 Å². The highest BCUT2D eigenvalue weighted by Crippen LogP contribution is 2.22. The molecule has 1 aliphatic heterocycles. The molecular weight excluding hydrogens is 326 g/mol. The lowest BCUT2D eigenvalue weighted by atomic mass is 9.97. The number of benzene rings is 1. The summed E-state index contributed by atoms with van der Waals surface area (Å²) in [6, 6.07) is 7.86. The molecule has 0 spiro atoms. The Kier molecular flexibility index (Phi) is 6.69. The van der Waals surface area contributed by atoms with Crippen LogP contribution >= 0.6 is 0 Å². The third-order valence-electron chi connectivity index (χ3n) is 5.10. The molecule has 1 heterocycles. The van der Waals surface area contributed by atoms with Gasteiger partial charge in [0.1, 0.15) is 6.42 Å². The van der Waals surface area contributed by atoms with Crippen molar-refractivity contribution in [1.82, 2.24) is 5.32 Å². The van der Waals surface area contributed by atoms with Gasteiger partial charge >= 0.3 is 0 Å². The zero-order valence-corrected chi connectivity index (χ0v) is 15.4. The van der Waals surface area contributed by atoms with Gasteiger partial charge in [-0.25, -0.2) is 0 Å². The van der Waals surface area contributed by atoms with Gasteiger partial charge in [-0.3, -0.25) is 9.59 Å². The molecule has 3 rings (SSSR count). The van der Waals surface area contributed by atoms with Crippen LogP contribution in [0.2, 0.25) is 0 Å². The largest absolute Gasteiger partial charge is 0.372 e. The quantitative estimate of drug-likeness (QED) is 0.580. The summed E-state index contributed by atoms with van der Waals surface area (Å²) in [4.78, 5) is 26.3. The molecule has 0 saturated carbocycles. The monoisotopic (exact) mass is 355 g/mol. The average Bonchev–Trinajstić information content (AvgIpc) is 3.18. The minimum Gasteiger partial charge on any atom is -0.372 e. The molecule has 0 aromatic heterocycles. The van der Waals surface area contributed by atoms with Crippen LogP contribution in [0.3, 0.4) is 0 Å². The molecule has 1 aromatic carbocycles. The van der Waals surface area contributed by atoms with E-state index in [-0.39, 0.29) is 18.2 Å². The molecule has 2 amide bonds. The maximum Gasteiger partial charge on any atom is 0.233 e. The molecular formula is C21H29N3O2. The molecule has 2 N–H and O–H groups in total. The van der Waals surface area contributed by atoms with E-state index < -0.39 is 0 Å². The number of anilines is 2. The smallest absolute Gasteiger partial charge is 0.233 e. The molecule has 0 atom stereocenters. The molecule has 1 aromatic rings. The second-order valence-electron chi connectivity index (χ2n) is 7.17. The van der Waals surface area contributed by atoms with Crippen LogP contribution in [0.25, 0.3) is 0 Å². The highest BCUT2D eigenvalue weighted by Gasteiger charge is 2.13. The van der Waals surface area contributed by atoms with Crippen molar-refractivity contribution in [3.8, 4) is 0 Å². The van der Waals surface area contributed by atoms with Crippen molar-refractivity contribution in [2.75, 3.05) is 29.9 Å². The Morgan fingerprint density at radius 1 is 0.962 bits per heavy atom. The summed E-state index contributed by atoms with van der Waals surface area (Å²) in [5, 5.41) is 5.65. The maximum absolute atomic E-state index is 12.0. The SMILES string of the molecule is O=C(CC(=O)Nc1ccc(N2CCCC2)cc1)NCCC1=CCCCC1. The Balaban J connectivity index is 1.37. The van der Waals surface area contributed by atoms with Crippen molar-refractivity contribution < 1.29 is 9.59 Å². The van der Waals surface area contributed by atoms with Crippen LogP contribution in [0.1, 0.15) is 51.4 Å². The molecule has 26 heavy (non-hydrogen) atoms. The maximum atomic E-state index is 12.0. The van der Waals surface area contributed by atoms with E-state index in [1.54, 1.807) is 0 Å². The van der Waals surface area contributed by atoms with E-state index in [0.29, 0.717) is 6.54 Å². The zero-order chi connectivity index (χ0) is 18.2. The van der Waals surface area contributed by atoms with E-state index in [9.17, 15) is 9.59 Å². The summed E-state index contributed by atoms with van der Waals surface area (Å²) in [5.41, 5.74) is 3.35. The second-order valence-corrected chi connectivity index (χ2v) is 7.17. The van der Waals surface area contributed by atoms with Crippen LogP contribution < -0.4 is 15.5 Å². The molecule has 1 aliphatic carbocycles. The first-order valence-electron chi connectivity index (χ1n) is 9.80. The van der Waals surface area contributed by atoms with Crippen molar-refractivity contribution in [3.63, 3.8) is 0 Å². The molecule has 0 bridgehead atoms. The van der Waals surface area contributed by atoms with Gasteiger partial charge in [0, 0.05) is 31.0 Å². The lowest BCUT2D eigenvalue weighted by Gasteiger charge is -2.17. The van der Waals surface area contributed by atoms with Crippen LogP contribution in [0.4, 0.5) is 11.4 Å². The van der Waals surface area contributed by atoms with E-state index in [2.05, 4.69) is 21.6 Å². The van der Waals surface area contributed by atoms with Gasteiger partial charge in [-0.1, -0.05) is 11.6 Å². The summed E-state index contributed by atoms with van der Waals surface area (Å²) in [6.07, 6.45) is 10.3. The van der Waals surface area contributed by atoms with Crippen molar-refractivity contribution >= 4 is 23.2 Å². The van der Waals surface area contributed by atoms with Crippen molar-refractivity contribution in [1.29, 1.82) is 0 Å². The number of hydrogen-bond acceptors (Lipinski definition) is 3. The number of amides is 2. The highest BCUT2D eigenvalue weighted by atomic mass is 16.2. The minimum atomic E-state index is -0.270. The average molecular weight is 355 g/mol. The Hall–Kier alpha value is -2.30. The topological polar surface area (TPSA) is 61.4 Å². The number of hydrogen-bond donors (Lipinski definition) is 2. The second kappa shape index (κ2) is 9.41. The van der Waals surface area contributed by atoms with Gasteiger partial charge in [0.25, 0.3) is 0 Å². The summed E-state index contributed by atoms with van der Waals surface area (Å²) in [5.74, 6) is -0.485. The first kappa shape index (κ1) is 18.5. The Labute approximate surface area is 155 Å². The van der Waals surface area contributed by atoms with Crippen LogP contribution in [0.15, 0.2) is 35.9 Å². The summed E-state index contributed by atoms with van der Waals surface area (Å²) < 4.78 is 0. The standard InChI is InChI=1S/C21H29N3O2/c25-20(22-13-12-17-6-2-1-3-7-17)16-21(26)23-18-8-10-19(11-9-18)24-14-4-5-15-24/h6,8-11H,1-5,7,12-16H2,(H,22,25)(H,23,26). The van der Waals surface area contributed by atoms with Crippen LogP contribution in [-0.4, -0.2) is 31.4 Å². The molecule has 140 valence electrons. The number of allylic oxidation sites excluding steroid dienone is 1. The van der Waals surface area contributed by atoms with E-state index in [1.165, 1.54) is 36.9 Å². The fraction of sp³-hybridized carbons (Fsp3) is 0.524. The lowest BCUT2D eigenvalue weighted by Crippen LogP contribution is -2.29. The van der Waals surface area contributed by atoms with E-state index >= 15 is 0 Å². The Bertz CT molecular complexity index is 646. The molecule has 0 unspecified atom stereocenters. The lowest BCUT2D eigenvalue weighted by molar-refractivity contribution is -0.126. The number of rotatable bonds is 7. The van der Waals surface area contributed by atoms with Gasteiger partial charge in [0.05, 0.1) is 0 Å². The van der Waals surface area contributed by atoms with E-state index in [0.717, 1.165) is 38.0 Å². The molecule has 0 radical (unpaired) electrons. The highest BCUT2D eigenvalue weighted by molar-refractivity contribution is 6.03. The van der Waals surface area contributed by atoms with Gasteiger partial charge < -0.3 is 15.5 Å². The first-order chi connectivity index (χ1) is 12.7. The van der Waals surface area contributed by atoms with Crippen molar-refractivity contribution in [2.45, 2.75) is 51.4 Å². The number of carbonyl (C=O) groups is 2. The van der Waals surface area contributed by atoms with Gasteiger partial charge in [-0.05, 0) is 69.2 Å². The normalized spacial score (nSPS) is 16.9. The van der Waals surface area contributed by atoms with Crippen molar-refractivity contribution in [3.05, 3.63) is 35.9 Å². The summed E-state index contributed by atoms with van der Waals surface area (Å²) in [6.45, 7) is 2.81. The van der Waals surface area contributed by atoms with Gasteiger partial charge in [0.15, 0.2) is 0 Å². The van der Waals surface area contributed by atoms with Crippen molar-refractivity contribution in [2.24, 2.45) is 0 Å². The van der Waals surface area contributed by atoms with Crippen LogP contribution in [0.5, 0.6) is 0 Å². The summed E-state index contributed by atoms with van der Waals surface area (Å²) in [7, 11) is 0. The fourth-order valence-corrected chi connectivity index (χ4v) is 3.64.